The van der Waals surface area contributed by atoms with Gasteiger partial charge in [0.1, 0.15) is 0 Å². The zero-order valence-corrected chi connectivity index (χ0v) is 12.5. The van der Waals surface area contributed by atoms with Crippen molar-refractivity contribution in [1.29, 1.82) is 0 Å². The molecule has 0 radical (unpaired) electrons. The Kier molecular flexibility index (Phi) is 4.97. The zero-order valence-electron chi connectivity index (χ0n) is 12.5. The van der Waals surface area contributed by atoms with Gasteiger partial charge in [-0.05, 0) is 52.5 Å². The Morgan fingerprint density at radius 1 is 1.16 bits per heavy atom. The van der Waals surface area contributed by atoms with Crippen molar-refractivity contribution >= 4 is 0 Å². The minimum Gasteiger partial charge on any atom is -0.425 e. The molecule has 1 aromatic rings. The van der Waals surface area contributed by atoms with Crippen molar-refractivity contribution in [3.8, 4) is 0 Å². The third-order valence-electron chi connectivity index (χ3n) is 3.67. The van der Waals surface area contributed by atoms with Crippen molar-refractivity contribution in [2.24, 2.45) is 5.92 Å². The maximum Gasteiger partial charge on any atom is 0.216 e. The molecule has 4 heteroatoms. The highest BCUT2D eigenvalue weighted by molar-refractivity contribution is 4.86. The lowest BCUT2D eigenvalue weighted by Gasteiger charge is -2.19. The monoisotopic (exact) mass is 265 g/mol. The predicted molar refractivity (Wildman–Crippen MR) is 76.0 cm³/mol. The lowest BCUT2D eigenvalue weighted by atomic mass is 10.0. The van der Waals surface area contributed by atoms with Gasteiger partial charge in [-0.2, -0.15) is 0 Å². The fourth-order valence-electron chi connectivity index (χ4n) is 2.64. The molecule has 0 atom stereocenters. The first kappa shape index (κ1) is 14.5. The van der Waals surface area contributed by atoms with Gasteiger partial charge in [0.15, 0.2) is 0 Å². The van der Waals surface area contributed by atoms with Crippen molar-refractivity contribution in [2.45, 2.75) is 71.3 Å². The van der Waals surface area contributed by atoms with Crippen LogP contribution in [0.2, 0.25) is 0 Å². The fourth-order valence-corrected chi connectivity index (χ4v) is 2.64. The largest absolute Gasteiger partial charge is 0.425 e. The van der Waals surface area contributed by atoms with Crippen molar-refractivity contribution < 1.29 is 4.42 Å². The molecule has 19 heavy (non-hydrogen) atoms. The molecule has 0 aromatic carbocycles. The summed E-state index contributed by atoms with van der Waals surface area (Å²) in [4.78, 5) is 0. The average molecular weight is 265 g/mol. The summed E-state index contributed by atoms with van der Waals surface area (Å²) in [6.07, 6.45) is 8.28. The highest BCUT2D eigenvalue weighted by Gasteiger charge is 2.18. The van der Waals surface area contributed by atoms with E-state index in [1.165, 1.54) is 25.7 Å². The van der Waals surface area contributed by atoms with E-state index in [9.17, 15) is 0 Å². The molecular formula is C15H27N3O. The van der Waals surface area contributed by atoms with Crippen LogP contribution in [0.1, 0.15) is 64.7 Å². The summed E-state index contributed by atoms with van der Waals surface area (Å²) in [5.74, 6) is 2.41. The Balaban J connectivity index is 1.68. The maximum absolute atomic E-state index is 5.73. The highest BCUT2D eigenvalue weighted by Crippen LogP contribution is 2.27. The number of aryl methyl sites for hydroxylation is 1. The van der Waals surface area contributed by atoms with E-state index in [-0.39, 0.29) is 5.54 Å². The summed E-state index contributed by atoms with van der Waals surface area (Å²) >= 11 is 0. The first-order valence-corrected chi connectivity index (χ1v) is 7.59. The summed E-state index contributed by atoms with van der Waals surface area (Å²) in [5.41, 5.74) is 0.183. The van der Waals surface area contributed by atoms with Gasteiger partial charge in [-0.15, -0.1) is 10.2 Å². The van der Waals surface area contributed by atoms with E-state index in [1.54, 1.807) is 0 Å². The number of rotatable bonds is 6. The number of nitrogens with zero attached hydrogens (tertiary/aromatic N) is 2. The van der Waals surface area contributed by atoms with Gasteiger partial charge in [0, 0.05) is 18.4 Å². The summed E-state index contributed by atoms with van der Waals surface area (Å²) in [6, 6.07) is 0. The fraction of sp³-hybridized carbons (Fsp3) is 0.867. The number of aromatic nitrogens is 2. The van der Waals surface area contributed by atoms with Crippen LogP contribution in [-0.2, 0) is 12.8 Å². The van der Waals surface area contributed by atoms with E-state index < -0.39 is 0 Å². The van der Waals surface area contributed by atoms with Gasteiger partial charge >= 0.3 is 0 Å². The van der Waals surface area contributed by atoms with Gasteiger partial charge in [0.25, 0.3) is 0 Å². The van der Waals surface area contributed by atoms with Crippen molar-refractivity contribution in [2.75, 3.05) is 6.54 Å². The molecule has 1 N–H and O–H groups in total. The van der Waals surface area contributed by atoms with E-state index in [0.29, 0.717) is 0 Å². The van der Waals surface area contributed by atoms with Crippen LogP contribution >= 0.6 is 0 Å². The van der Waals surface area contributed by atoms with Crippen LogP contribution in [0.25, 0.3) is 0 Å². The quantitative estimate of drug-likeness (QED) is 0.803. The minimum absolute atomic E-state index is 0.183. The molecule has 1 aliphatic rings. The smallest absolute Gasteiger partial charge is 0.216 e. The normalized spacial score (nSPS) is 17.2. The molecule has 0 amide bonds. The van der Waals surface area contributed by atoms with Crippen LogP contribution in [0.15, 0.2) is 4.42 Å². The van der Waals surface area contributed by atoms with Gasteiger partial charge in [-0.3, -0.25) is 0 Å². The third kappa shape index (κ3) is 5.31. The molecule has 0 saturated heterocycles. The lowest BCUT2D eigenvalue weighted by molar-refractivity contribution is 0.391. The van der Waals surface area contributed by atoms with Crippen molar-refractivity contribution in [3.63, 3.8) is 0 Å². The summed E-state index contributed by atoms with van der Waals surface area (Å²) in [5, 5.41) is 11.8. The number of hydrogen-bond donors (Lipinski definition) is 1. The highest BCUT2D eigenvalue weighted by atomic mass is 16.4. The average Bonchev–Trinajstić information content (AvgIpc) is 2.96. The molecule has 0 bridgehead atoms. The SMILES string of the molecule is CC(C)(C)NCCCc1nnc(CC2CCCC2)o1. The second-order valence-electron chi connectivity index (χ2n) is 6.72. The number of hydrogen-bond acceptors (Lipinski definition) is 4. The predicted octanol–water partition coefficient (Wildman–Crippen LogP) is 3.12. The maximum atomic E-state index is 5.73. The standard InChI is InChI=1S/C15H27N3O/c1-15(2,3)16-10-6-9-13-17-18-14(19-13)11-12-7-4-5-8-12/h12,16H,4-11H2,1-3H3. The van der Waals surface area contributed by atoms with Gasteiger partial charge in [0.05, 0.1) is 0 Å². The minimum atomic E-state index is 0.183. The van der Waals surface area contributed by atoms with Gasteiger partial charge in [0.2, 0.25) is 11.8 Å². The molecule has 0 aliphatic heterocycles. The van der Waals surface area contributed by atoms with Gasteiger partial charge < -0.3 is 9.73 Å². The van der Waals surface area contributed by atoms with E-state index in [0.717, 1.165) is 43.5 Å². The summed E-state index contributed by atoms with van der Waals surface area (Å²) in [6.45, 7) is 7.53. The molecule has 4 nitrogen and oxygen atoms in total. The molecule has 1 saturated carbocycles. The van der Waals surface area contributed by atoms with E-state index in [1.807, 2.05) is 0 Å². The van der Waals surface area contributed by atoms with Crippen molar-refractivity contribution in [1.82, 2.24) is 15.5 Å². The van der Waals surface area contributed by atoms with Crippen LogP contribution in [0.3, 0.4) is 0 Å². The van der Waals surface area contributed by atoms with Gasteiger partial charge in [-0.25, -0.2) is 0 Å². The molecule has 0 unspecified atom stereocenters. The third-order valence-corrected chi connectivity index (χ3v) is 3.67. The number of nitrogens with one attached hydrogen (secondary N) is 1. The zero-order chi connectivity index (χ0) is 13.7. The Bertz CT molecular complexity index is 375. The molecular weight excluding hydrogens is 238 g/mol. The van der Waals surface area contributed by atoms with Crippen LogP contribution in [0, 0.1) is 5.92 Å². The second-order valence-corrected chi connectivity index (χ2v) is 6.72. The van der Waals surface area contributed by atoms with Crippen LogP contribution in [0.5, 0.6) is 0 Å². The molecule has 1 heterocycles. The van der Waals surface area contributed by atoms with Crippen LogP contribution in [-0.4, -0.2) is 22.3 Å². The summed E-state index contributed by atoms with van der Waals surface area (Å²) < 4.78 is 5.73. The Hall–Kier alpha value is -0.900. The topological polar surface area (TPSA) is 51.0 Å². The lowest BCUT2D eigenvalue weighted by Crippen LogP contribution is -2.36. The Labute approximate surface area is 116 Å². The molecule has 1 fully saturated rings. The first-order valence-electron chi connectivity index (χ1n) is 7.59. The second kappa shape index (κ2) is 6.51. The van der Waals surface area contributed by atoms with Crippen molar-refractivity contribution in [3.05, 3.63) is 11.8 Å². The molecule has 0 spiro atoms. The molecule has 108 valence electrons. The first-order chi connectivity index (χ1) is 9.03. The molecule has 2 rings (SSSR count). The van der Waals surface area contributed by atoms with E-state index >= 15 is 0 Å². The van der Waals surface area contributed by atoms with Crippen LogP contribution < -0.4 is 5.32 Å². The van der Waals surface area contributed by atoms with E-state index in [2.05, 4.69) is 36.3 Å². The Morgan fingerprint density at radius 2 is 1.84 bits per heavy atom. The Morgan fingerprint density at radius 3 is 2.53 bits per heavy atom. The molecule has 1 aromatic heterocycles. The van der Waals surface area contributed by atoms with E-state index in [4.69, 9.17) is 4.42 Å². The van der Waals surface area contributed by atoms with Crippen LogP contribution in [0.4, 0.5) is 0 Å². The summed E-state index contributed by atoms with van der Waals surface area (Å²) in [7, 11) is 0. The molecule has 1 aliphatic carbocycles. The van der Waals surface area contributed by atoms with Gasteiger partial charge in [-0.1, -0.05) is 12.8 Å².